The zero-order chi connectivity index (χ0) is 22.9. The summed E-state index contributed by atoms with van der Waals surface area (Å²) in [6.45, 7) is 7.78. The second-order valence-electron chi connectivity index (χ2n) is 7.20. The van der Waals surface area contributed by atoms with E-state index in [4.69, 9.17) is 14.2 Å². The summed E-state index contributed by atoms with van der Waals surface area (Å²) in [4.78, 5) is 11.8. The molecule has 1 N–H and O–H groups in total. The Morgan fingerprint density at radius 1 is 0.969 bits per heavy atom. The molecule has 3 rings (SSSR count). The SMILES string of the molecule is CCOC(=O)c1ccc(NCc2cc(Br)c(OCc3ccccc3C)c(OCC)c2)cc1. The van der Waals surface area contributed by atoms with E-state index in [0.29, 0.717) is 43.4 Å². The predicted molar refractivity (Wildman–Crippen MR) is 131 cm³/mol. The van der Waals surface area contributed by atoms with E-state index < -0.39 is 0 Å². The Morgan fingerprint density at radius 3 is 2.41 bits per heavy atom. The molecule has 0 saturated heterocycles. The van der Waals surface area contributed by atoms with Gasteiger partial charge in [-0.25, -0.2) is 4.79 Å². The maximum Gasteiger partial charge on any atom is 0.338 e. The molecule has 0 fully saturated rings. The Bertz CT molecular complexity index is 1050. The summed E-state index contributed by atoms with van der Waals surface area (Å²) in [5.41, 5.74) is 4.81. The highest BCUT2D eigenvalue weighted by molar-refractivity contribution is 9.10. The molecule has 0 atom stereocenters. The van der Waals surface area contributed by atoms with Gasteiger partial charge in [-0.1, -0.05) is 24.3 Å². The quantitative estimate of drug-likeness (QED) is 0.323. The first-order chi connectivity index (χ1) is 15.5. The maximum absolute atomic E-state index is 11.8. The third-order valence-corrected chi connectivity index (χ3v) is 5.48. The molecule has 0 aliphatic heterocycles. The minimum atomic E-state index is -0.314. The van der Waals surface area contributed by atoms with Crippen LogP contribution in [0.15, 0.2) is 65.1 Å². The third-order valence-electron chi connectivity index (χ3n) is 4.90. The highest BCUT2D eigenvalue weighted by Crippen LogP contribution is 2.38. The van der Waals surface area contributed by atoms with Gasteiger partial charge in [0.25, 0.3) is 0 Å². The number of benzene rings is 3. The monoisotopic (exact) mass is 497 g/mol. The summed E-state index contributed by atoms with van der Waals surface area (Å²) in [6.07, 6.45) is 0. The molecule has 0 bridgehead atoms. The molecule has 32 heavy (non-hydrogen) atoms. The fourth-order valence-electron chi connectivity index (χ4n) is 3.19. The van der Waals surface area contributed by atoms with Gasteiger partial charge >= 0.3 is 5.97 Å². The van der Waals surface area contributed by atoms with Crippen molar-refractivity contribution >= 4 is 27.6 Å². The van der Waals surface area contributed by atoms with Crippen LogP contribution in [0, 0.1) is 6.92 Å². The van der Waals surface area contributed by atoms with E-state index in [9.17, 15) is 4.79 Å². The smallest absolute Gasteiger partial charge is 0.338 e. The highest BCUT2D eigenvalue weighted by atomic mass is 79.9. The molecular formula is C26H28BrNO4. The van der Waals surface area contributed by atoms with Gasteiger partial charge in [-0.05, 0) is 89.8 Å². The minimum Gasteiger partial charge on any atom is -0.490 e. The first kappa shape index (κ1) is 23.7. The fourth-order valence-corrected chi connectivity index (χ4v) is 3.80. The lowest BCUT2D eigenvalue weighted by atomic mass is 10.1. The summed E-state index contributed by atoms with van der Waals surface area (Å²) in [7, 11) is 0. The summed E-state index contributed by atoms with van der Waals surface area (Å²) in [5, 5.41) is 3.37. The van der Waals surface area contributed by atoms with Crippen LogP contribution in [-0.4, -0.2) is 19.2 Å². The van der Waals surface area contributed by atoms with Gasteiger partial charge in [-0.2, -0.15) is 0 Å². The molecule has 0 aromatic heterocycles. The molecule has 0 radical (unpaired) electrons. The van der Waals surface area contributed by atoms with E-state index in [-0.39, 0.29) is 5.97 Å². The lowest BCUT2D eigenvalue weighted by molar-refractivity contribution is 0.0526. The van der Waals surface area contributed by atoms with Crippen molar-refractivity contribution in [3.63, 3.8) is 0 Å². The Labute approximate surface area is 197 Å². The lowest BCUT2D eigenvalue weighted by Crippen LogP contribution is -2.06. The molecule has 0 aliphatic carbocycles. The number of hydrogen-bond acceptors (Lipinski definition) is 5. The van der Waals surface area contributed by atoms with Gasteiger partial charge < -0.3 is 19.5 Å². The van der Waals surface area contributed by atoms with E-state index in [1.54, 1.807) is 19.1 Å². The Balaban J connectivity index is 1.69. The summed E-state index contributed by atoms with van der Waals surface area (Å²) in [5.74, 6) is 1.08. The lowest BCUT2D eigenvalue weighted by Gasteiger charge is -2.17. The van der Waals surface area contributed by atoms with Gasteiger partial charge in [-0.3, -0.25) is 0 Å². The van der Waals surface area contributed by atoms with E-state index in [1.165, 1.54) is 5.56 Å². The standard InChI is InChI=1S/C26H28BrNO4/c1-4-30-24-15-19(16-28-22-12-10-20(11-13-22)26(29)31-5-2)14-23(27)25(24)32-17-21-9-7-6-8-18(21)3/h6-15,28H,4-5,16-17H2,1-3H3. The number of ether oxygens (including phenoxy) is 3. The van der Waals surface area contributed by atoms with Crippen molar-refractivity contribution in [3.8, 4) is 11.5 Å². The average Bonchev–Trinajstić information content (AvgIpc) is 2.79. The van der Waals surface area contributed by atoms with Crippen molar-refractivity contribution in [2.75, 3.05) is 18.5 Å². The van der Waals surface area contributed by atoms with Gasteiger partial charge in [-0.15, -0.1) is 0 Å². The number of carbonyl (C=O) groups is 1. The van der Waals surface area contributed by atoms with Gasteiger partial charge in [0.05, 0.1) is 23.2 Å². The van der Waals surface area contributed by atoms with Crippen LogP contribution in [0.3, 0.4) is 0 Å². The van der Waals surface area contributed by atoms with E-state index in [1.807, 2.05) is 43.3 Å². The largest absolute Gasteiger partial charge is 0.490 e. The molecule has 5 nitrogen and oxygen atoms in total. The fraction of sp³-hybridized carbons (Fsp3) is 0.269. The second-order valence-corrected chi connectivity index (χ2v) is 8.06. The first-order valence-corrected chi connectivity index (χ1v) is 11.4. The van der Waals surface area contributed by atoms with E-state index >= 15 is 0 Å². The number of halogens is 1. The minimum absolute atomic E-state index is 0.314. The van der Waals surface area contributed by atoms with Crippen molar-refractivity contribution in [3.05, 3.63) is 87.4 Å². The van der Waals surface area contributed by atoms with Crippen molar-refractivity contribution in [1.29, 1.82) is 0 Å². The molecule has 3 aromatic carbocycles. The van der Waals surface area contributed by atoms with Crippen molar-refractivity contribution in [2.45, 2.75) is 33.9 Å². The van der Waals surface area contributed by atoms with Gasteiger partial charge in [0, 0.05) is 12.2 Å². The Hall–Kier alpha value is -2.99. The zero-order valence-electron chi connectivity index (χ0n) is 18.6. The molecule has 6 heteroatoms. The summed E-state index contributed by atoms with van der Waals surface area (Å²) >= 11 is 3.64. The van der Waals surface area contributed by atoms with Crippen molar-refractivity contribution in [2.24, 2.45) is 0 Å². The molecule has 0 heterocycles. The van der Waals surface area contributed by atoms with Crippen LogP contribution in [0.1, 0.15) is 40.9 Å². The van der Waals surface area contributed by atoms with Crippen molar-refractivity contribution in [1.82, 2.24) is 0 Å². The number of carbonyl (C=O) groups excluding carboxylic acids is 1. The van der Waals surface area contributed by atoms with Crippen molar-refractivity contribution < 1.29 is 19.0 Å². The van der Waals surface area contributed by atoms with Crippen LogP contribution in [-0.2, 0) is 17.9 Å². The molecule has 0 aliphatic rings. The first-order valence-electron chi connectivity index (χ1n) is 10.6. The summed E-state index contributed by atoms with van der Waals surface area (Å²) < 4.78 is 17.8. The third kappa shape index (κ3) is 6.26. The highest BCUT2D eigenvalue weighted by Gasteiger charge is 2.13. The number of nitrogens with one attached hydrogen (secondary N) is 1. The maximum atomic E-state index is 11.8. The van der Waals surface area contributed by atoms with Gasteiger partial charge in [0.15, 0.2) is 11.5 Å². The Morgan fingerprint density at radius 2 is 1.72 bits per heavy atom. The molecular weight excluding hydrogens is 470 g/mol. The van der Waals surface area contributed by atoms with E-state index in [0.717, 1.165) is 21.3 Å². The molecule has 0 amide bonds. The number of rotatable bonds is 10. The number of anilines is 1. The van der Waals surface area contributed by atoms with Crippen LogP contribution < -0.4 is 14.8 Å². The second kappa shape index (κ2) is 11.6. The number of aryl methyl sites for hydroxylation is 1. The van der Waals surface area contributed by atoms with Crippen LogP contribution in [0.25, 0.3) is 0 Å². The predicted octanol–water partition coefficient (Wildman–Crippen LogP) is 6.52. The zero-order valence-corrected chi connectivity index (χ0v) is 20.2. The average molecular weight is 498 g/mol. The summed E-state index contributed by atoms with van der Waals surface area (Å²) in [6, 6.07) is 19.4. The molecule has 168 valence electrons. The Kier molecular flexibility index (Phi) is 8.56. The van der Waals surface area contributed by atoms with Crippen LogP contribution in [0.4, 0.5) is 5.69 Å². The van der Waals surface area contributed by atoms with Crippen LogP contribution >= 0.6 is 15.9 Å². The van der Waals surface area contributed by atoms with Crippen LogP contribution in [0.2, 0.25) is 0 Å². The van der Waals surface area contributed by atoms with Gasteiger partial charge in [0.2, 0.25) is 0 Å². The molecule has 0 spiro atoms. The van der Waals surface area contributed by atoms with E-state index in [2.05, 4.69) is 40.3 Å². The normalized spacial score (nSPS) is 10.5. The van der Waals surface area contributed by atoms with Crippen LogP contribution in [0.5, 0.6) is 11.5 Å². The molecule has 3 aromatic rings. The number of hydrogen-bond donors (Lipinski definition) is 1. The molecule has 0 saturated carbocycles. The topological polar surface area (TPSA) is 56.8 Å². The molecule has 0 unspecified atom stereocenters. The number of esters is 1. The van der Waals surface area contributed by atoms with Gasteiger partial charge in [0.1, 0.15) is 6.61 Å².